The van der Waals surface area contributed by atoms with Crippen molar-refractivity contribution in [2.24, 2.45) is 0 Å². The standard InChI is InChI=1S/C11H10BrClN4O2/c12-7-5-14-10-8(13)9(15-17(10)6-7)11(18)16-1-3-19-4-2-16/h5-6H,1-4H2. The summed E-state index contributed by atoms with van der Waals surface area (Å²) in [5, 5.41) is 4.49. The van der Waals surface area contributed by atoms with E-state index in [0.717, 1.165) is 4.47 Å². The summed E-state index contributed by atoms with van der Waals surface area (Å²) in [5.41, 5.74) is 0.704. The molecular weight excluding hydrogens is 336 g/mol. The predicted molar refractivity (Wildman–Crippen MR) is 72.4 cm³/mol. The molecule has 1 fully saturated rings. The van der Waals surface area contributed by atoms with Crippen LogP contribution in [0.5, 0.6) is 0 Å². The fourth-order valence-electron chi connectivity index (χ4n) is 1.94. The van der Waals surface area contributed by atoms with Crippen LogP contribution in [0, 0.1) is 0 Å². The summed E-state index contributed by atoms with van der Waals surface area (Å²) in [6, 6.07) is 0. The SMILES string of the molecule is O=C(c1nn2cc(Br)cnc2c1Cl)N1CCOCC1. The van der Waals surface area contributed by atoms with Crippen LogP contribution in [-0.2, 0) is 4.74 Å². The summed E-state index contributed by atoms with van der Waals surface area (Å²) in [6.45, 7) is 2.20. The van der Waals surface area contributed by atoms with Crippen molar-refractivity contribution in [3.63, 3.8) is 0 Å². The van der Waals surface area contributed by atoms with Gasteiger partial charge in [0.1, 0.15) is 5.02 Å². The van der Waals surface area contributed by atoms with Gasteiger partial charge in [0.2, 0.25) is 0 Å². The van der Waals surface area contributed by atoms with E-state index >= 15 is 0 Å². The molecule has 2 aromatic rings. The molecule has 0 radical (unpaired) electrons. The van der Waals surface area contributed by atoms with Gasteiger partial charge in [0.05, 0.1) is 17.7 Å². The van der Waals surface area contributed by atoms with Gasteiger partial charge in [-0.15, -0.1) is 0 Å². The van der Waals surface area contributed by atoms with Crippen molar-refractivity contribution in [3.8, 4) is 0 Å². The van der Waals surface area contributed by atoms with Crippen molar-refractivity contribution in [3.05, 3.63) is 27.6 Å². The molecule has 0 spiro atoms. The molecule has 0 aliphatic carbocycles. The number of carbonyl (C=O) groups is 1. The number of nitrogens with zero attached hydrogens (tertiary/aromatic N) is 4. The minimum absolute atomic E-state index is 0.185. The van der Waals surface area contributed by atoms with Crippen LogP contribution in [0.1, 0.15) is 10.5 Å². The molecule has 1 aliphatic rings. The van der Waals surface area contributed by atoms with Crippen LogP contribution in [0.25, 0.3) is 5.65 Å². The number of halogens is 2. The minimum Gasteiger partial charge on any atom is -0.378 e. The Bertz CT molecular complexity index is 639. The van der Waals surface area contributed by atoms with Gasteiger partial charge in [0.15, 0.2) is 11.3 Å². The molecule has 8 heteroatoms. The van der Waals surface area contributed by atoms with Crippen molar-refractivity contribution in [1.82, 2.24) is 19.5 Å². The van der Waals surface area contributed by atoms with Crippen LogP contribution in [0.15, 0.2) is 16.9 Å². The first-order chi connectivity index (χ1) is 9.16. The van der Waals surface area contributed by atoms with E-state index in [1.54, 1.807) is 17.3 Å². The van der Waals surface area contributed by atoms with Crippen molar-refractivity contribution >= 4 is 39.1 Å². The van der Waals surface area contributed by atoms with Crippen LogP contribution < -0.4 is 0 Å². The number of hydrogen-bond donors (Lipinski definition) is 0. The van der Waals surface area contributed by atoms with E-state index in [9.17, 15) is 4.79 Å². The van der Waals surface area contributed by atoms with E-state index in [0.29, 0.717) is 32.0 Å². The maximum absolute atomic E-state index is 12.3. The third kappa shape index (κ3) is 2.33. The number of ether oxygens (including phenoxy) is 1. The normalized spacial score (nSPS) is 16.0. The number of fused-ring (bicyclic) bond motifs is 1. The Morgan fingerprint density at radius 1 is 1.42 bits per heavy atom. The lowest BCUT2D eigenvalue weighted by Crippen LogP contribution is -2.41. The molecule has 0 N–H and O–H groups in total. The number of hydrogen-bond acceptors (Lipinski definition) is 4. The molecule has 1 saturated heterocycles. The highest BCUT2D eigenvalue weighted by Crippen LogP contribution is 2.23. The van der Waals surface area contributed by atoms with Gasteiger partial charge in [-0.1, -0.05) is 11.6 Å². The molecule has 2 aromatic heterocycles. The van der Waals surface area contributed by atoms with Gasteiger partial charge in [-0.2, -0.15) is 5.10 Å². The smallest absolute Gasteiger partial charge is 0.276 e. The largest absolute Gasteiger partial charge is 0.378 e. The Morgan fingerprint density at radius 2 is 2.16 bits per heavy atom. The van der Waals surface area contributed by atoms with E-state index in [1.807, 2.05) is 0 Å². The van der Waals surface area contributed by atoms with Gasteiger partial charge in [0.25, 0.3) is 5.91 Å². The molecule has 1 aliphatic heterocycles. The predicted octanol–water partition coefficient (Wildman–Crippen LogP) is 1.62. The second-order valence-electron chi connectivity index (χ2n) is 4.11. The quantitative estimate of drug-likeness (QED) is 0.788. The lowest BCUT2D eigenvalue weighted by Gasteiger charge is -2.26. The average molecular weight is 346 g/mol. The van der Waals surface area contributed by atoms with Crippen LogP contribution in [-0.4, -0.2) is 51.7 Å². The zero-order valence-electron chi connectivity index (χ0n) is 9.84. The zero-order valence-corrected chi connectivity index (χ0v) is 12.2. The summed E-state index contributed by atoms with van der Waals surface area (Å²) in [6.07, 6.45) is 3.33. The molecule has 1 amide bonds. The monoisotopic (exact) mass is 344 g/mol. The fourth-order valence-corrected chi connectivity index (χ4v) is 2.49. The molecule has 6 nitrogen and oxygen atoms in total. The van der Waals surface area contributed by atoms with Crippen molar-refractivity contribution < 1.29 is 9.53 Å². The van der Waals surface area contributed by atoms with Gasteiger partial charge in [-0.05, 0) is 15.9 Å². The van der Waals surface area contributed by atoms with E-state index in [2.05, 4.69) is 26.0 Å². The van der Waals surface area contributed by atoms with E-state index < -0.39 is 0 Å². The van der Waals surface area contributed by atoms with Crippen LogP contribution >= 0.6 is 27.5 Å². The van der Waals surface area contributed by atoms with Crippen molar-refractivity contribution in [2.45, 2.75) is 0 Å². The second kappa shape index (κ2) is 5.07. The molecule has 0 atom stereocenters. The van der Waals surface area contributed by atoms with Gasteiger partial charge in [-0.3, -0.25) is 4.79 Å². The van der Waals surface area contributed by atoms with Gasteiger partial charge in [0, 0.05) is 25.5 Å². The maximum Gasteiger partial charge on any atom is 0.276 e. The van der Waals surface area contributed by atoms with E-state index in [-0.39, 0.29) is 16.6 Å². The van der Waals surface area contributed by atoms with Gasteiger partial charge >= 0.3 is 0 Å². The molecule has 3 rings (SSSR count). The Labute approximate surface area is 122 Å². The highest BCUT2D eigenvalue weighted by atomic mass is 79.9. The summed E-state index contributed by atoms with van der Waals surface area (Å²) < 4.78 is 7.49. The average Bonchev–Trinajstić information content (AvgIpc) is 2.75. The lowest BCUT2D eigenvalue weighted by molar-refractivity contribution is 0.0299. The molecule has 0 aromatic carbocycles. The van der Waals surface area contributed by atoms with Crippen LogP contribution in [0.2, 0.25) is 5.02 Å². The first-order valence-electron chi connectivity index (χ1n) is 5.73. The molecule has 0 bridgehead atoms. The summed E-state index contributed by atoms with van der Waals surface area (Å²) in [7, 11) is 0. The minimum atomic E-state index is -0.185. The third-order valence-electron chi connectivity index (χ3n) is 2.89. The van der Waals surface area contributed by atoms with Crippen LogP contribution in [0.3, 0.4) is 0 Å². The van der Waals surface area contributed by atoms with Gasteiger partial charge < -0.3 is 9.64 Å². The number of amides is 1. The Hall–Kier alpha value is -1.18. The molecule has 19 heavy (non-hydrogen) atoms. The van der Waals surface area contributed by atoms with Crippen molar-refractivity contribution in [1.29, 1.82) is 0 Å². The summed E-state index contributed by atoms with van der Waals surface area (Å²) in [4.78, 5) is 18.2. The van der Waals surface area contributed by atoms with Gasteiger partial charge in [-0.25, -0.2) is 9.50 Å². The Balaban J connectivity index is 2.00. The number of rotatable bonds is 1. The Kier molecular flexibility index (Phi) is 3.42. The first-order valence-corrected chi connectivity index (χ1v) is 6.90. The molecule has 100 valence electrons. The zero-order chi connectivity index (χ0) is 13.4. The lowest BCUT2D eigenvalue weighted by atomic mass is 10.3. The summed E-state index contributed by atoms with van der Waals surface area (Å²) in [5.74, 6) is -0.185. The molecule has 0 unspecified atom stereocenters. The van der Waals surface area contributed by atoms with E-state index in [1.165, 1.54) is 4.52 Å². The fraction of sp³-hybridized carbons (Fsp3) is 0.364. The van der Waals surface area contributed by atoms with E-state index in [4.69, 9.17) is 16.3 Å². The van der Waals surface area contributed by atoms with Crippen LogP contribution in [0.4, 0.5) is 0 Å². The molecule has 0 saturated carbocycles. The van der Waals surface area contributed by atoms with Crippen molar-refractivity contribution in [2.75, 3.05) is 26.3 Å². The Morgan fingerprint density at radius 3 is 2.89 bits per heavy atom. The highest BCUT2D eigenvalue weighted by Gasteiger charge is 2.25. The third-order valence-corrected chi connectivity index (χ3v) is 3.64. The second-order valence-corrected chi connectivity index (χ2v) is 5.40. The maximum atomic E-state index is 12.3. The first kappa shape index (κ1) is 12.8. The topological polar surface area (TPSA) is 59.7 Å². The summed E-state index contributed by atoms with van der Waals surface area (Å²) >= 11 is 9.49. The molecule has 3 heterocycles. The number of morpholine rings is 1. The number of aromatic nitrogens is 3. The highest BCUT2D eigenvalue weighted by molar-refractivity contribution is 9.10. The number of carbonyl (C=O) groups excluding carboxylic acids is 1. The molecular formula is C11H10BrClN4O2.